The number of nitrogens with one attached hydrogen (secondary N) is 2. The number of rotatable bonds is 10. The van der Waals surface area contributed by atoms with Crippen LogP contribution >= 0.6 is 0 Å². The zero-order valence-corrected chi connectivity index (χ0v) is 24.9. The number of hydrogen-bond donors (Lipinski definition) is 2. The van der Waals surface area contributed by atoms with Crippen molar-refractivity contribution in [1.82, 2.24) is 15.1 Å². The first-order valence-corrected chi connectivity index (χ1v) is 14.7. The van der Waals surface area contributed by atoms with Crippen molar-refractivity contribution in [3.63, 3.8) is 0 Å². The van der Waals surface area contributed by atoms with Gasteiger partial charge in [-0.3, -0.25) is 29.7 Å². The van der Waals surface area contributed by atoms with Gasteiger partial charge in [0.2, 0.25) is 6.10 Å². The molecule has 12 nitrogen and oxygen atoms in total. The Morgan fingerprint density at radius 3 is 2.16 bits per heavy atom. The molecule has 0 aromatic heterocycles. The van der Waals surface area contributed by atoms with Crippen LogP contribution in [-0.4, -0.2) is 97.6 Å². The van der Waals surface area contributed by atoms with Gasteiger partial charge in [0.05, 0.1) is 6.54 Å². The molecule has 3 aromatic carbocycles. The maximum atomic E-state index is 12.7. The molecule has 0 bridgehead atoms. The van der Waals surface area contributed by atoms with E-state index in [1.165, 1.54) is 6.92 Å². The van der Waals surface area contributed by atoms with Gasteiger partial charge in [-0.15, -0.1) is 0 Å². The Kier molecular flexibility index (Phi) is 10.2. The van der Waals surface area contributed by atoms with E-state index < -0.39 is 24.1 Å². The normalized spacial score (nSPS) is 17.7. The molecule has 45 heavy (non-hydrogen) atoms. The smallest absolute Gasteiger partial charge is 0.414 e. The predicted molar refractivity (Wildman–Crippen MR) is 165 cm³/mol. The van der Waals surface area contributed by atoms with Gasteiger partial charge in [0.25, 0.3) is 5.91 Å². The van der Waals surface area contributed by atoms with Crippen LogP contribution in [0.25, 0.3) is 0 Å². The summed E-state index contributed by atoms with van der Waals surface area (Å²) >= 11 is 0. The molecule has 234 valence electrons. The molecule has 0 aliphatic carbocycles. The van der Waals surface area contributed by atoms with Crippen molar-refractivity contribution in [2.45, 2.75) is 19.1 Å². The van der Waals surface area contributed by atoms with Gasteiger partial charge in [-0.2, -0.15) is 0 Å². The summed E-state index contributed by atoms with van der Waals surface area (Å²) in [6.45, 7) is 5.03. The van der Waals surface area contributed by atoms with E-state index in [2.05, 4.69) is 10.2 Å². The monoisotopic (exact) mass is 613 g/mol. The molecule has 0 saturated carbocycles. The maximum absolute atomic E-state index is 12.7. The van der Waals surface area contributed by atoms with Gasteiger partial charge in [-0.1, -0.05) is 36.4 Å². The fourth-order valence-corrected chi connectivity index (χ4v) is 5.19. The van der Waals surface area contributed by atoms with Crippen LogP contribution in [0.15, 0.2) is 84.9 Å². The lowest BCUT2D eigenvalue weighted by atomic mass is 10.1. The summed E-state index contributed by atoms with van der Waals surface area (Å²) in [7, 11) is 0. The molecule has 2 aliphatic heterocycles. The van der Waals surface area contributed by atoms with E-state index in [-0.39, 0.29) is 24.4 Å². The maximum Gasteiger partial charge on any atom is 0.414 e. The van der Waals surface area contributed by atoms with E-state index in [9.17, 15) is 19.2 Å². The number of amides is 2. The summed E-state index contributed by atoms with van der Waals surface area (Å²) in [6.07, 6.45) is -1.82. The highest BCUT2D eigenvalue weighted by Gasteiger charge is 2.35. The van der Waals surface area contributed by atoms with Crippen LogP contribution in [0.2, 0.25) is 0 Å². The van der Waals surface area contributed by atoms with Crippen LogP contribution in [0.1, 0.15) is 22.8 Å². The standard InChI is InChI=1S/C33H35N5O7/c1-23(39)43-29(32(41)44-27-10-6-3-7-11-27)22-37-18-16-36(17-19-37)20-28-21-38(33(42)45-28)26-14-12-24(13-15-26)30(34)35-31(40)25-8-4-2-5-9-25/h2-15,28-29H,16-22H2,1H3,(H2,34,35,40). The lowest BCUT2D eigenvalue weighted by Gasteiger charge is -2.36. The summed E-state index contributed by atoms with van der Waals surface area (Å²) < 4.78 is 16.3. The average Bonchev–Trinajstić information content (AvgIpc) is 3.41. The number of carbonyl (C=O) groups is 4. The number of benzene rings is 3. The third kappa shape index (κ3) is 8.52. The van der Waals surface area contributed by atoms with Crippen molar-refractivity contribution < 1.29 is 33.4 Å². The number of amidine groups is 1. The number of anilines is 1. The molecule has 2 atom stereocenters. The number of nitrogens with zero attached hydrogens (tertiary/aromatic N) is 3. The van der Waals surface area contributed by atoms with Crippen molar-refractivity contribution in [2.24, 2.45) is 0 Å². The Morgan fingerprint density at radius 1 is 0.889 bits per heavy atom. The highest BCUT2D eigenvalue weighted by atomic mass is 16.6. The van der Waals surface area contributed by atoms with E-state index in [0.29, 0.717) is 61.8 Å². The zero-order valence-electron chi connectivity index (χ0n) is 24.9. The van der Waals surface area contributed by atoms with E-state index in [4.69, 9.17) is 19.6 Å². The van der Waals surface area contributed by atoms with Crippen molar-refractivity contribution in [2.75, 3.05) is 50.7 Å². The van der Waals surface area contributed by atoms with Gasteiger partial charge in [-0.05, 0) is 48.5 Å². The molecule has 0 spiro atoms. The van der Waals surface area contributed by atoms with Crippen LogP contribution in [-0.2, 0) is 19.1 Å². The Labute approximate surface area is 261 Å². The van der Waals surface area contributed by atoms with E-state index >= 15 is 0 Å². The van der Waals surface area contributed by atoms with Crippen LogP contribution < -0.4 is 15.0 Å². The Balaban J connectivity index is 1.08. The number of esters is 2. The van der Waals surface area contributed by atoms with Crippen molar-refractivity contribution >= 4 is 35.5 Å². The van der Waals surface area contributed by atoms with Crippen LogP contribution in [0.5, 0.6) is 5.75 Å². The molecule has 2 N–H and O–H groups in total. The van der Waals surface area contributed by atoms with Gasteiger partial charge >= 0.3 is 18.0 Å². The minimum absolute atomic E-state index is 0.0383. The van der Waals surface area contributed by atoms with Crippen LogP contribution in [0, 0.1) is 5.41 Å². The van der Waals surface area contributed by atoms with Crippen molar-refractivity contribution in [3.8, 4) is 5.75 Å². The second-order valence-corrected chi connectivity index (χ2v) is 10.8. The molecular formula is C33H35N5O7. The fraction of sp³-hybridized carbons (Fsp3) is 0.303. The minimum atomic E-state index is -1.05. The van der Waals surface area contributed by atoms with E-state index in [1.807, 2.05) is 17.0 Å². The quantitative estimate of drug-likeness (QED) is 0.153. The Hall–Kier alpha value is -5.07. The SMILES string of the molecule is CC(=O)OC(CN1CCN(CC2CN(c3ccc(C(=N)NC(=O)c4ccccc4)cc3)C(=O)O2)CC1)C(=O)Oc1ccccc1. The second-order valence-electron chi connectivity index (χ2n) is 10.8. The van der Waals surface area contributed by atoms with Gasteiger partial charge in [0, 0.05) is 63.0 Å². The Bertz CT molecular complexity index is 1510. The highest BCUT2D eigenvalue weighted by Crippen LogP contribution is 2.23. The lowest BCUT2D eigenvalue weighted by Crippen LogP contribution is -2.52. The number of para-hydroxylation sites is 1. The minimum Gasteiger partial charge on any atom is -0.449 e. The molecule has 2 aliphatic rings. The van der Waals surface area contributed by atoms with E-state index in [1.54, 1.807) is 77.7 Å². The number of hydrogen-bond acceptors (Lipinski definition) is 10. The van der Waals surface area contributed by atoms with Gasteiger partial charge < -0.3 is 19.5 Å². The highest BCUT2D eigenvalue weighted by molar-refractivity contribution is 6.11. The van der Waals surface area contributed by atoms with Crippen molar-refractivity contribution in [1.29, 1.82) is 5.41 Å². The number of piperazine rings is 1. The zero-order chi connectivity index (χ0) is 31.8. The van der Waals surface area contributed by atoms with Crippen LogP contribution in [0.4, 0.5) is 10.5 Å². The molecule has 12 heteroatoms. The first-order chi connectivity index (χ1) is 21.7. The first-order valence-electron chi connectivity index (χ1n) is 14.7. The molecule has 3 aromatic rings. The summed E-state index contributed by atoms with van der Waals surface area (Å²) in [5.41, 5.74) is 1.60. The molecule has 2 fully saturated rings. The molecular weight excluding hydrogens is 578 g/mol. The third-order valence-electron chi connectivity index (χ3n) is 7.50. The average molecular weight is 614 g/mol. The van der Waals surface area contributed by atoms with E-state index in [0.717, 1.165) is 0 Å². The van der Waals surface area contributed by atoms with Crippen molar-refractivity contribution in [3.05, 3.63) is 96.1 Å². The molecule has 2 amide bonds. The topological polar surface area (TPSA) is 142 Å². The third-order valence-corrected chi connectivity index (χ3v) is 7.50. The van der Waals surface area contributed by atoms with Gasteiger partial charge in [0.1, 0.15) is 17.7 Å². The number of cyclic esters (lactones) is 1. The molecule has 0 radical (unpaired) electrons. The first kappa shape index (κ1) is 31.4. The molecule has 2 heterocycles. The summed E-state index contributed by atoms with van der Waals surface area (Å²) in [4.78, 5) is 55.3. The molecule has 5 rings (SSSR count). The summed E-state index contributed by atoms with van der Waals surface area (Å²) in [5, 5.41) is 10.8. The largest absolute Gasteiger partial charge is 0.449 e. The summed E-state index contributed by atoms with van der Waals surface area (Å²) in [5.74, 6) is -1.21. The number of ether oxygens (including phenoxy) is 3. The van der Waals surface area contributed by atoms with Crippen LogP contribution in [0.3, 0.4) is 0 Å². The molecule has 2 unspecified atom stereocenters. The fourth-order valence-electron chi connectivity index (χ4n) is 5.19. The lowest BCUT2D eigenvalue weighted by molar-refractivity contribution is -0.162. The predicted octanol–water partition coefficient (Wildman–Crippen LogP) is 2.92. The van der Waals surface area contributed by atoms with Gasteiger partial charge in [-0.25, -0.2) is 9.59 Å². The van der Waals surface area contributed by atoms with Gasteiger partial charge in [0.15, 0.2) is 0 Å². The second kappa shape index (κ2) is 14.6. The summed E-state index contributed by atoms with van der Waals surface area (Å²) in [6, 6.07) is 24.1. The molecule has 2 saturated heterocycles. The Morgan fingerprint density at radius 2 is 1.51 bits per heavy atom. The number of carbonyl (C=O) groups excluding carboxylic acids is 4.